The Bertz CT molecular complexity index is 892. The van der Waals surface area contributed by atoms with E-state index in [1.165, 1.54) is 30.5 Å². The summed E-state index contributed by atoms with van der Waals surface area (Å²) in [5.74, 6) is 0.155. The summed E-state index contributed by atoms with van der Waals surface area (Å²) in [6, 6.07) is 11.0. The average molecular weight is 439 g/mol. The van der Waals surface area contributed by atoms with Gasteiger partial charge in [0.1, 0.15) is 0 Å². The first-order valence-corrected chi connectivity index (χ1v) is 12.4. The number of rotatable bonds is 8. The van der Waals surface area contributed by atoms with Gasteiger partial charge in [-0.25, -0.2) is 0 Å². The molecule has 1 saturated heterocycles. The van der Waals surface area contributed by atoms with Crippen molar-refractivity contribution in [2.24, 2.45) is 0 Å². The molecule has 4 rings (SSSR count). The molecule has 174 valence electrons. The molecule has 0 radical (unpaired) electrons. The molecule has 1 amide bonds. The van der Waals surface area contributed by atoms with Gasteiger partial charge < -0.3 is 10.0 Å². The lowest BCUT2D eigenvalue weighted by molar-refractivity contribution is -0.137. The minimum Gasteiger partial charge on any atom is -0.394 e. The van der Waals surface area contributed by atoms with Gasteiger partial charge in [0.25, 0.3) is 0 Å². The number of aliphatic hydroxyl groups excluding tert-OH is 1. The fourth-order valence-electron chi connectivity index (χ4n) is 5.17. The lowest BCUT2D eigenvalue weighted by Gasteiger charge is -2.38. The van der Waals surface area contributed by atoms with Crippen LogP contribution in [0.25, 0.3) is 11.3 Å². The number of benzene rings is 1. The Balaban J connectivity index is 1.51. The standard InChI is InChI=1S/C26H38N4O2/c1-3-4-5-8-22-16-28(18-26(32)29-14-7-6-9-23(29)19-31)17-24-15-25(27-30(22)24)21-12-10-20(2)11-13-21/h10-13,15,22-23,31H,3-9,14,16-19H2,1-2H3. The third-order valence-electron chi connectivity index (χ3n) is 7.02. The van der Waals surface area contributed by atoms with Crippen molar-refractivity contribution in [2.45, 2.75) is 77.4 Å². The topological polar surface area (TPSA) is 61.6 Å². The number of carbonyl (C=O) groups is 1. The highest BCUT2D eigenvalue weighted by Gasteiger charge is 2.31. The zero-order valence-corrected chi connectivity index (χ0v) is 19.7. The highest BCUT2D eigenvalue weighted by Crippen LogP contribution is 2.30. The van der Waals surface area contributed by atoms with E-state index in [1.807, 2.05) is 4.90 Å². The van der Waals surface area contributed by atoms with E-state index in [-0.39, 0.29) is 18.6 Å². The molecule has 2 unspecified atom stereocenters. The number of unbranched alkanes of at least 4 members (excludes halogenated alkanes) is 2. The van der Waals surface area contributed by atoms with E-state index < -0.39 is 0 Å². The number of carbonyl (C=O) groups excluding carboxylic acids is 1. The normalized spacial score (nSPS) is 21.5. The van der Waals surface area contributed by atoms with Crippen molar-refractivity contribution in [3.8, 4) is 11.3 Å². The van der Waals surface area contributed by atoms with Gasteiger partial charge in [0.2, 0.25) is 5.91 Å². The molecule has 3 heterocycles. The van der Waals surface area contributed by atoms with Crippen LogP contribution in [-0.4, -0.2) is 62.9 Å². The number of aliphatic hydroxyl groups is 1. The van der Waals surface area contributed by atoms with Gasteiger partial charge in [-0.15, -0.1) is 0 Å². The quantitative estimate of drug-likeness (QED) is 0.629. The first kappa shape index (κ1) is 23.0. The number of fused-ring (bicyclic) bond motifs is 1. The van der Waals surface area contributed by atoms with E-state index in [1.54, 1.807) is 0 Å². The molecule has 1 aromatic carbocycles. The van der Waals surface area contributed by atoms with Gasteiger partial charge in [0.05, 0.1) is 36.6 Å². The van der Waals surface area contributed by atoms with Gasteiger partial charge in [0.15, 0.2) is 0 Å². The molecule has 1 fully saturated rings. The summed E-state index contributed by atoms with van der Waals surface area (Å²) < 4.78 is 2.23. The second-order valence-electron chi connectivity index (χ2n) is 9.57. The zero-order valence-electron chi connectivity index (χ0n) is 19.7. The smallest absolute Gasteiger partial charge is 0.237 e. The van der Waals surface area contributed by atoms with Crippen LogP contribution in [0.15, 0.2) is 30.3 Å². The Hall–Kier alpha value is -2.18. The maximum atomic E-state index is 13.1. The number of aryl methyl sites for hydroxylation is 1. The molecular weight excluding hydrogens is 400 g/mol. The van der Waals surface area contributed by atoms with E-state index in [4.69, 9.17) is 5.10 Å². The second-order valence-corrected chi connectivity index (χ2v) is 9.57. The maximum Gasteiger partial charge on any atom is 0.237 e. The van der Waals surface area contributed by atoms with Crippen molar-refractivity contribution in [1.82, 2.24) is 19.6 Å². The van der Waals surface area contributed by atoms with E-state index >= 15 is 0 Å². The van der Waals surface area contributed by atoms with Gasteiger partial charge in [-0.05, 0) is 38.7 Å². The van der Waals surface area contributed by atoms with Gasteiger partial charge in [-0.2, -0.15) is 5.10 Å². The van der Waals surface area contributed by atoms with Crippen molar-refractivity contribution in [3.05, 3.63) is 41.6 Å². The van der Waals surface area contributed by atoms with Crippen molar-refractivity contribution < 1.29 is 9.90 Å². The van der Waals surface area contributed by atoms with E-state index in [0.29, 0.717) is 12.6 Å². The van der Waals surface area contributed by atoms with Gasteiger partial charge in [-0.3, -0.25) is 14.4 Å². The lowest BCUT2D eigenvalue weighted by Crippen LogP contribution is -2.50. The average Bonchev–Trinajstić information content (AvgIpc) is 3.24. The molecule has 0 aliphatic carbocycles. The number of hydrogen-bond donors (Lipinski definition) is 1. The summed E-state index contributed by atoms with van der Waals surface area (Å²) in [6.07, 6.45) is 7.74. The van der Waals surface area contributed by atoms with Crippen molar-refractivity contribution in [3.63, 3.8) is 0 Å². The Morgan fingerprint density at radius 1 is 1.16 bits per heavy atom. The van der Waals surface area contributed by atoms with Crippen molar-refractivity contribution in [1.29, 1.82) is 0 Å². The Morgan fingerprint density at radius 3 is 2.72 bits per heavy atom. The summed E-state index contributed by atoms with van der Waals surface area (Å²) in [4.78, 5) is 17.3. The van der Waals surface area contributed by atoms with Crippen LogP contribution in [0.4, 0.5) is 0 Å². The van der Waals surface area contributed by atoms with Crippen molar-refractivity contribution in [2.75, 3.05) is 26.2 Å². The third-order valence-corrected chi connectivity index (χ3v) is 7.02. The summed E-state index contributed by atoms with van der Waals surface area (Å²) in [5.41, 5.74) is 4.61. The number of amides is 1. The molecule has 2 aliphatic rings. The molecular formula is C26H38N4O2. The van der Waals surface area contributed by atoms with Crippen LogP contribution in [0.5, 0.6) is 0 Å². The molecule has 0 saturated carbocycles. The molecule has 1 N–H and O–H groups in total. The molecule has 2 aromatic rings. The predicted octanol–water partition coefficient (Wildman–Crippen LogP) is 4.17. The van der Waals surface area contributed by atoms with E-state index in [9.17, 15) is 9.90 Å². The molecule has 0 bridgehead atoms. The van der Waals surface area contributed by atoms with Crippen molar-refractivity contribution >= 4 is 5.91 Å². The molecule has 32 heavy (non-hydrogen) atoms. The van der Waals surface area contributed by atoms with Gasteiger partial charge in [0, 0.05) is 25.2 Å². The van der Waals surface area contributed by atoms with Crippen LogP contribution in [0.1, 0.15) is 69.2 Å². The largest absolute Gasteiger partial charge is 0.394 e. The Kier molecular flexibility index (Phi) is 7.63. The predicted molar refractivity (Wildman–Crippen MR) is 127 cm³/mol. The second kappa shape index (κ2) is 10.6. The van der Waals surface area contributed by atoms with Crippen LogP contribution in [0, 0.1) is 6.92 Å². The summed E-state index contributed by atoms with van der Waals surface area (Å²) in [7, 11) is 0. The number of aromatic nitrogens is 2. The highest BCUT2D eigenvalue weighted by atomic mass is 16.3. The zero-order chi connectivity index (χ0) is 22.5. The monoisotopic (exact) mass is 438 g/mol. The first-order valence-electron chi connectivity index (χ1n) is 12.4. The molecule has 1 aromatic heterocycles. The maximum absolute atomic E-state index is 13.1. The third kappa shape index (κ3) is 5.24. The van der Waals surface area contributed by atoms with E-state index in [0.717, 1.165) is 56.6 Å². The number of likely N-dealkylation sites (tertiary alicyclic amines) is 1. The number of piperidine rings is 1. The summed E-state index contributed by atoms with van der Waals surface area (Å²) in [6.45, 7) is 7.19. The van der Waals surface area contributed by atoms with Gasteiger partial charge in [-0.1, -0.05) is 56.0 Å². The SMILES string of the molecule is CCCCCC1CN(CC(=O)N2CCCCC2CO)Cc2cc(-c3ccc(C)cc3)nn21. The Morgan fingerprint density at radius 2 is 1.97 bits per heavy atom. The van der Waals surface area contributed by atoms with Crippen LogP contribution in [0.3, 0.4) is 0 Å². The minimum atomic E-state index is -0.0138. The van der Waals surface area contributed by atoms with Crippen LogP contribution < -0.4 is 0 Å². The van der Waals surface area contributed by atoms with Crippen LogP contribution >= 0.6 is 0 Å². The van der Waals surface area contributed by atoms with E-state index in [2.05, 4.69) is 53.8 Å². The molecule has 2 aliphatic heterocycles. The molecule has 0 spiro atoms. The summed E-state index contributed by atoms with van der Waals surface area (Å²) >= 11 is 0. The first-order chi connectivity index (χ1) is 15.6. The fourth-order valence-corrected chi connectivity index (χ4v) is 5.17. The Labute approximate surface area is 192 Å². The highest BCUT2D eigenvalue weighted by molar-refractivity contribution is 5.78. The molecule has 6 nitrogen and oxygen atoms in total. The van der Waals surface area contributed by atoms with Gasteiger partial charge >= 0.3 is 0 Å². The summed E-state index contributed by atoms with van der Waals surface area (Å²) in [5, 5.41) is 14.7. The minimum absolute atomic E-state index is 0.0138. The number of hydrogen-bond acceptors (Lipinski definition) is 4. The number of nitrogens with zero attached hydrogens (tertiary/aromatic N) is 4. The molecule has 2 atom stereocenters. The lowest BCUT2D eigenvalue weighted by atomic mass is 10.0. The molecule has 6 heteroatoms. The fraction of sp³-hybridized carbons (Fsp3) is 0.615. The van der Waals surface area contributed by atoms with Crippen LogP contribution in [0.2, 0.25) is 0 Å². The van der Waals surface area contributed by atoms with Crippen LogP contribution in [-0.2, 0) is 11.3 Å².